The van der Waals surface area contributed by atoms with E-state index in [2.05, 4.69) is 0 Å². The van der Waals surface area contributed by atoms with E-state index in [1.807, 2.05) is 13.8 Å². The van der Waals surface area contributed by atoms with Gasteiger partial charge in [0.2, 0.25) is 0 Å². The fourth-order valence-corrected chi connectivity index (χ4v) is 1.69. The first-order valence-corrected chi connectivity index (χ1v) is 6.89. The maximum absolute atomic E-state index is 12.6. The molecule has 2 N–H and O–H groups in total. The molecule has 0 aliphatic rings. The highest BCUT2D eigenvalue weighted by atomic mass is 19.4. The first-order chi connectivity index (χ1) is 9.80. The zero-order valence-electron chi connectivity index (χ0n) is 12.3. The number of nitrogens with two attached hydrogens (primary N) is 1. The number of benzene rings is 1. The monoisotopic (exact) mass is 305 g/mol. The fraction of sp³-hybridized carbons (Fsp3) is 0.600. The van der Waals surface area contributed by atoms with Gasteiger partial charge in [0.25, 0.3) is 0 Å². The predicted molar refractivity (Wildman–Crippen MR) is 74.8 cm³/mol. The van der Waals surface area contributed by atoms with Gasteiger partial charge in [-0.05, 0) is 23.6 Å². The zero-order valence-corrected chi connectivity index (χ0v) is 12.3. The summed E-state index contributed by atoms with van der Waals surface area (Å²) in [4.78, 5) is 0. The van der Waals surface area contributed by atoms with Gasteiger partial charge >= 0.3 is 6.18 Å². The minimum atomic E-state index is -4.36. The molecule has 1 atom stereocenters. The minimum Gasteiger partial charge on any atom is -0.379 e. The summed E-state index contributed by atoms with van der Waals surface area (Å²) in [6, 6.07) is 4.42. The molecule has 0 radical (unpaired) electrons. The average molecular weight is 305 g/mol. The van der Waals surface area contributed by atoms with E-state index in [9.17, 15) is 13.2 Å². The van der Waals surface area contributed by atoms with Gasteiger partial charge in [0, 0.05) is 6.61 Å². The molecule has 1 rings (SSSR count). The van der Waals surface area contributed by atoms with Crippen LogP contribution < -0.4 is 5.73 Å². The summed E-state index contributed by atoms with van der Waals surface area (Å²) in [6.45, 7) is 5.73. The number of rotatable bonds is 8. The van der Waals surface area contributed by atoms with E-state index in [0.29, 0.717) is 31.3 Å². The highest BCUT2D eigenvalue weighted by Crippen LogP contribution is 2.30. The third kappa shape index (κ3) is 6.93. The van der Waals surface area contributed by atoms with Crippen LogP contribution in [0.2, 0.25) is 0 Å². The molecule has 1 unspecified atom stereocenters. The Morgan fingerprint density at radius 1 is 1.10 bits per heavy atom. The summed E-state index contributed by atoms with van der Waals surface area (Å²) >= 11 is 0. The molecule has 0 amide bonds. The Bertz CT molecular complexity index is 422. The van der Waals surface area contributed by atoms with Gasteiger partial charge in [-0.15, -0.1) is 0 Å². The second-order valence-electron chi connectivity index (χ2n) is 5.27. The Morgan fingerprint density at radius 2 is 1.71 bits per heavy atom. The number of hydrogen-bond acceptors (Lipinski definition) is 3. The van der Waals surface area contributed by atoms with E-state index in [1.165, 1.54) is 6.07 Å². The van der Waals surface area contributed by atoms with Gasteiger partial charge in [-0.25, -0.2) is 0 Å². The van der Waals surface area contributed by atoms with E-state index in [0.717, 1.165) is 12.1 Å². The molecular weight excluding hydrogens is 283 g/mol. The summed E-state index contributed by atoms with van der Waals surface area (Å²) in [5, 5.41) is 0. The Kier molecular flexibility index (Phi) is 7.14. The van der Waals surface area contributed by atoms with Crippen LogP contribution in [0.25, 0.3) is 0 Å². The Balaban J connectivity index is 2.37. The lowest BCUT2D eigenvalue weighted by Crippen LogP contribution is -2.19. The molecule has 0 saturated heterocycles. The molecule has 0 heterocycles. The lowest BCUT2D eigenvalue weighted by Gasteiger charge is -2.15. The third-order valence-corrected chi connectivity index (χ3v) is 2.76. The summed E-state index contributed by atoms with van der Waals surface area (Å²) in [6.07, 6.45) is -4.36. The van der Waals surface area contributed by atoms with Crippen LogP contribution in [-0.2, 0) is 15.7 Å². The summed E-state index contributed by atoms with van der Waals surface area (Å²) in [7, 11) is 0. The maximum Gasteiger partial charge on any atom is 0.416 e. The van der Waals surface area contributed by atoms with Crippen LogP contribution in [0.5, 0.6) is 0 Å². The van der Waals surface area contributed by atoms with Crippen molar-refractivity contribution in [2.24, 2.45) is 11.7 Å². The SMILES string of the molecule is CC(C)COCCOCC(N)c1cccc(C(F)(F)F)c1. The summed E-state index contributed by atoms with van der Waals surface area (Å²) in [5.74, 6) is 0.456. The van der Waals surface area contributed by atoms with Crippen LogP contribution in [-0.4, -0.2) is 26.4 Å². The van der Waals surface area contributed by atoms with Crippen LogP contribution in [0.1, 0.15) is 31.0 Å². The van der Waals surface area contributed by atoms with Gasteiger partial charge < -0.3 is 15.2 Å². The first kappa shape index (κ1) is 17.9. The van der Waals surface area contributed by atoms with Gasteiger partial charge in [0.05, 0.1) is 31.4 Å². The molecule has 3 nitrogen and oxygen atoms in total. The smallest absolute Gasteiger partial charge is 0.379 e. The van der Waals surface area contributed by atoms with Crippen LogP contribution >= 0.6 is 0 Å². The van der Waals surface area contributed by atoms with E-state index in [1.54, 1.807) is 6.07 Å². The van der Waals surface area contributed by atoms with Gasteiger partial charge in [-0.2, -0.15) is 13.2 Å². The van der Waals surface area contributed by atoms with Crippen LogP contribution in [0.4, 0.5) is 13.2 Å². The molecule has 0 aromatic heterocycles. The summed E-state index contributed by atoms with van der Waals surface area (Å²) in [5.41, 5.74) is 5.55. The molecule has 0 bridgehead atoms. The number of alkyl halides is 3. The number of halogens is 3. The molecule has 0 aliphatic heterocycles. The van der Waals surface area contributed by atoms with Gasteiger partial charge in [-0.1, -0.05) is 26.0 Å². The lowest BCUT2D eigenvalue weighted by atomic mass is 10.1. The van der Waals surface area contributed by atoms with E-state index < -0.39 is 17.8 Å². The molecule has 1 aromatic rings. The fourth-order valence-electron chi connectivity index (χ4n) is 1.69. The molecule has 1 aromatic carbocycles. The van der Waals surface area contributed by atoms with Gasteiger partial charge in [-0.3, -0.25) is 0 Å². The number of ether oxygens (including phenoxy) is 2. The molecule has 0 aliphatic carbocycles. The van der Waals surface area contributed by atoms with Crippen molar-refractivity contribution in [1.82, 2.24) is 0 Å². The molecular formula is C15H22F3NO2. The van der Waals surface area contributed by atoms with Crippen molar-refractivity contribution in [1.29, 1.82) is 0 Å². The van der Waals surface area contributed by atoms with Gasteiger partial charge in [0.1, 0.15) is 0 Å². The Morgan fingerprint density at radius 3 is 2.29 bits per heavy atom. The van der Waals surface area contributed by atoms with E-state index in [4.69, 9.17) is 15.2 Å². The predicted octanol–water partition coefficient (Wildman–Crippen LogP) is 3.39. The highest BCUT2D eigenvalue weighted by Gasteiger charge is 2.30. The van der Waals surface area contributed by atoms with Crippen molar-refractivity contribution in [3.8, 4) is 0 Å². The molecule has 21 heavy (non-hydrogen) atoms. The van der Waals surface area contributed by atoms with Crippen molar-refractivity contribution >= 4 is 0 Å². The largest absolute Gasteiger partial charge is 0.416 e. The molecule has 0 fully saturated rings. The van der Waals surface area contributed by atoms with E-state index in [-0.39, 0.29) is 6.61 Å². The normalized spacial score (nSPS) is 13.7. The maximum atomic E-state index is 12.6. The van der Waals surface area contributed by atoms with Crippen molar-refractivity contribution < 1.29 is 22.6 Å². The first-order valence-electron chi connectivity index (χ1n) is 6.89. The van der Waals surface area contributed by atoms with Crippen molar-refractivity contribution in [3.05, 3.63) is 35.4 Å². The zero-order chi connectivity index (χ0) is 15.9. The minimum absolute atomic E-state index is 0.159. The van der Waals surface area contributed by atoms with Crippen molar-refractivity contribution in [2.45, 2.75) is 26.1 Å². The third-order valence-electron chi connectivity index (χ3n) is 2.76. The van der Waals surface area contributed by atoms with Crippen molar-refractivity contribution in [2.75, 3.05) is 26.4 Å². The molecule has 0 spiro atoms. The molecule has 6 heteroatoms. The van der Waals surface area contributed by atoms with Gasteiger partial charge in [0.15, 0.2) is 0 Å². The standard InChI is InChI=1S/C15H22F3NO2/c1-11(2)9-20-6-7-21-10-14(19)12-4-3-5-13(8-12)15(16,17)18/h3-5,8,11,14H,6-7,9-10,19H2,1-2H3. The van der Waals surface area contributed by atoms with E-state index >= 15 is 0 Å². The van der Waals surface area contributed by atoms with Crippen molar-refractivity contribution in [3.63, 3.8) is 0 Å². The Hall–Kier alpha value is -1.11. The topological polar surface area (TPSA) is 44.5 Å². The second-order valence-corrected chi connectivity index (χ2v) is 5.27. The summed E-state index contributed by atoms with van der Waals surface area (Å²) < 4.78 is 48.5. The highest BCUT2D eigenvalue weighted by molar-refractivity contribution is 5.27. The average Bonchev–Trinajstić information content (AvgIpc) is 2.41. The van der Waals surface area contributed by atoms with Crippen LogP contribution in [0, 0.1) is 5.92 Å². The Labute approximate surface area is 123 Å². The lowest BCUT2D eigenvalue weighted by molar-refractivity contribution is -0.137. The number of hydrogen-bond donors (Lipinski definition) is 1. The second kappa shape index (κ2) is 8.36. The quantitative estimate of drug-likeness (QED) is 0.749. The van der Waals surface area contributed by atoms with Crippen LogP contribution in [0.15, 0.2) is 24.3 Å². The molecule has 0 saturated carbocycles. The van der Waals surface area contributed by atoms with Crippen LogP contribution in [0.3, 0.4) is 0 Å². The molecule has 120 valence electrons.